The first-order valence-electron chi connectivity index (χ1n) is 9.05. The molecule has 0 bridgehead atoms. The fourth-order valence-corrected chi connectivity index (χ4v) is 4.55. The molecule has 1 nitrogen and oxygen atoms in total. The van der Waals surface area contributed by atoms with Gasteiger partial charge in [-0.15, -0.1) is 0 Å². The molecule has 0 spiro atoms. The summed E-state index contributed by atoms with van der Waals surface area (Å²) >= 11 is 0. The van der Waals surface area contributed by atoms with Crippen LogP contribution in [0, 0.1) is 23.2 Å². The lowest BCUT2D eigenvalue weighted by molar-refractivity contribution is 0.206. The third kappa shape index (κ3) is 2.75. The predicted octanol–water partition coefficient (Wildman–Crippen LogP) is 6.28. The Kier molecular flexibility index (Phi) is 4.16. The molecule has 0 aromatic carbocycles. The van der Waals surface area contributed by atoms with E-state index in [1.165, 1.54) is 35.1 Å². The van der Waals surface area contributed by atoms with Gasteiger partial charge in [-0.2, -0.15) is 0 Å². The molecule has 0 heterocycles. The van der Waals surface area contributed by atoms with Crippen molar-refractivity contribution in [1.82, 2.24) is 0 Å². The van der Waals surface area contributed by atoms with Crippen molar-refractivity contribution in [1.29, 1.82) is 0 Å². The largest absolute Gasteiger partial charge is 0.512 e. The minimum absolute atomic E-state index is 0.123. The molecule has 0 aromatic heterocycles. The number of allylic oxidation sites excluding steroid dienone is 8. The van der Waals surface area contributed by atoms with E-state index >= 15 is 0 Å². The van der Waals surface area contributed by atoms with Gasteiger partial charge >= 0.3 is 0 Å². The Morgan fingerprint density at radius 3 is 2.65 bits per heavy atom. The molecular formula is C22H30O. The van der Waals surface area contributed by atoms with Crippen LogP contribution in [-0.4, -0.2) is 5.11 Å². The van der Waals surface area contributed by atoms with Crippen molar-refractivity contribution in [3.05, 3.63) is 59.4 Å². The molecular weight excluding hydrogens is 280 g/mol. The minimum atomic E-state index is -0.123. The van der Waals surface area contributed by atoms with Crippen LogP contribution in [-0.2, 0) is 0 Å². The SMILES string of the molecule is C=CC1=C(/C=C(\C)C2CC2)C(C)C2CC(CC)(C(=C)O)CC2=C1. The van der Waals surface area contributed by atoms with Crippen molar-refractivity contribution in [2.45, 2.75) is 52.9 Å². The molecule has 3 atom stereocenters. The van der Waals surface area contributed by atoms with Crippen LogP contribution in [0.25, 0.3) is 0 Å². The molecule has 3 rings (SSSR count). The lowest BCUT2D eigenvalue weighted by Gasteiger charge is -2.30. The zero-order chi connectivity index (χ0) is 16.8. The molecule has 3 aliphatic rings. The topological polar surface area (TPSA) is 20.2 Å². The van der Waals surface area contributed by atoms with E-state index in [0.29, 0.717) is 17.6 Å². The average molecular weight is 310 g/mol. The summed E-state index contributed by atoms with van der Waals surface area (Å²) in [5.41, 5.74) is 5.59. The number of rotatable bonds is 5. The van der Waals surface area contributed by atoms with E-state index in [9.17, 15) is 5.11 Å². The van der Waals surface area contributed by atoms with E-state index < -0.39 is 0 Å². The Hall–Kier alpha value is -1.50. The van der Waals surface area contributed by atoms with Gasteiger partial charge in [0.15, 0.2) is 0 Å². The molecule has 0 saturated heterocycles. The summed E-state index contributed by atoms with van der Waals surface area (Å²) in [6.45, 7) is 14.7. The van der Waals surface area contributed by atoms with Crippen LogP contribution in [0.15, 0.2) is 59.4 Å². The molecule has 0 aromatic rings. The minimum Gasteiger partial charge on any atom is -0.512 e. The summed E-state index contributed by atoms with van der Waals surface area (Å²) in [6.07, 6.45) is 12.4. The van der Waals surface area contributed by atoms with Crippen LogP contribution >= 0.6 is 0 Å². The quantitative estimate of drug-likeness (QED) is 0.592. The number of hydrogen-bond donors (Lipinski definition) is 1. The molecule has 124 valence electrons. The van der Waals surface area contributed by atoms with Crippen molar-refractivity contribution < 1.29 is 5.11 Å². The molecule has 1 N–H and O–H groups in total. The molecule has 2 fully saturated rings. The van der Waals surface area contributed by atoms with Gasteiger partial charge in [-0.1, -0.05) is 56.4 Å². The Balaban J connectivity index is 1.96. The summed E-state index contributed by atoms with van der Waals surface area (Å²) in [5.74, 6) is 2.20. The van der Waals surface area contributed by atoms with Crippen LogP contribution in [0.3, 0.4) is 0 Å². The first kappa shape index (κ1) is 16.4. The molecule has 2 saturated carbocycles. The van der Waals surface area contributed by atoms with Crippen molar-refractivity contribution in [3.8, 4) is 0 Å². The third-order valence-electron chi connectivity index (χ3n) is 6.51. The summed E-state index contributed by atoms with van der Waals surface area (Å²) in [6, 6.07) is 0. The van der Waals surface area contributed by atoms with E-state index in [0.717, 1.165) is 25.2 Å². The predicted molar refractivity (Wildman–Crippen MR) is 98.2 cm³/mol. The van der Waals surface area contributed by atoms with Crippen molar-refractivity contribution >= 4 is 0 Å². The van der Waals surface area contributed by atoms with Gasteiger partial charge in [0.2, 0.25) is 0 Å². The van der Waals surface area contributed by atoms with Gasteiger partial charge in [0.25, 0.3) is 0 Å². The molecule has 0 aliphatic heterocycles. The van der Waals surface area contributed by atoms with Crippen LogP contribution in [0.4, 0.5) is 0 Å². The van der Waals surface area contributed by atoms with Crippen LogP contribution in [0.1, 0.15) is 52.9 Å². The normalized spacial score (nSPS) is 34.2. The molecule has 3 aliphatic carbocycles. The van der Waals surface area contributed by atoms with E-state index in [2.05, 4.69) is 46.1 Å². The third-order valence-corrected chi connectivity index (χ3v) is 6.51. The van der Waals surface area contributed by atoms with Gasteiger partial charge in [-0.3, -0.25) is 0 Å². The van der Waals surface area contributed by atoms with Crippen LogP contribution in [0.2, 0.25) is 0 Å². The molecule has 23 heavy (non-hydrogen) atoms. The Bertz CT molecular complexity index is 626. The second-order valence-corrected chi connectivity index (χ2v) is 7.85. The Morgan fingerprint density at radius 2 is 2.13 bits per heavy atom. The fourth-order valence-electron chi connectivity index (χ4n) is 4.55. The Morgan fingerprint density at radius 1 is 1.43 bits per heavy atom. The van der Waals surface area contributed by atoms with E-state index in [1.807, 2.05) is 6.08 Å². The zero-order valence-corrected chi connectivity index (χ0v) is 14.9. The lowest BCUT2D eigenvalue weighted by Crippen LogP contribution is -2.21. The Labute approximate surface area is 141 Å². The van der Waals surface area contributed by atoms with Crippen molar-refractivity contribution in [3.63, 3.8) is 0 Å². The van der Waals surface area contributed by atoms with Crippen molar-refractivity contribution in [2.24, 2.45) is 23.2 Å². The molecule has 0 radical (unpaired) electrons. The first-order chi connectivity index (χ1) is 10.9. The van der Waals surface area contributed by atoms with Gasteiger partial charge in [0.1, 0.15) is 0 Å². The van der Waals surface area contributed by atoms with E-state index in [4.69, 9.17) is 0 Å². The number of aliphatic hydroxyl groups is 1. The molecule has 3 unspecified atom stereocenters. The van der Waals surface area contributed by atoms with E-state index in [-0.39, 0.29) is 5.41 Å². The highest BCUT2D eigenvalue weighted by molar-refractivity contribution is 5.50. The number of aliphatic hydroxyl groups excluding tert-OH is 1. The second-order valence-electron chi connectivity index (χ2n) is 7.85. The van der Waals surface area contributed by atoms with Crippen LogP contribution < -0.4 is 0 Å². The standard InChI is InChI=1S/C22H30O/c1-6-17-11-19-12-22(7-2,16(5)23)13-21(19)15(4)20(17)10-14(3)18-8-9-18/h6,10-11,15,18,21,23H,1,5,7-9,12-13H2,2-4H3/b14-10+. The van der Waals surface area contributed by atoms with Gasteiger partial charge < -0.3 is 5.11 Å². The van der Waals surface area contributed by atoms with Gasteiger partial charge in [-0.05, 0) is 67.9 Å². The summed E-state index contributed by atoms with van der Waals surface area (Å²) in [5, 5.41) is 10.2. The summed E-state index contributed by atoms with van der Waals surface area (Å²) in [7, 11) is 0. The van der Waals surface area contributed by atoms with Crippen molar-refractivity contribution in [2.75, 3.05) is 0 Å². The maximum Gasteiger partial charge on any atom is 0.0915 e. The maximum absolute atomic E-state index is 10.2. The maximum atomic E-state index is 10.2. The van der Waals surface area contributed by atoms with Crippen LogP contribution in [0.5, 0.6) is 0 Å². The lowest BCUT2D eigenvalue weighted by atomic mass is 9.75. The zero-order valence-electron chi connectivity index (χ0n) is 14.9. The first-order valence-corrected chi connectivity index (χ1v) is 9.05. The van der Waals surface area contributed by atoms with Gasteiger partial charge in [0.05, 0.1) is 5.76 Å². The fraction of sp³-hybridized carbons (Fsp3) is 0.545. The summed E-state index contributed by atoms with van der Waals surface area (Å²) < 4.78 is 0. The monoisotopic (exact) mass is 310 g/mol. The number of hydrogen-bond acceptors (Lipinski definition) is 1. The highest BCUT2D eigenvalue weighted by Gasteiger charge is 2.46. The van der Waals surface area contributed by atoms with Gasteiger partial charge in [-0.25, -0.2) is 0 Å². The summed E-state index contributed by atoms with van der Waals surface area (Å²) in [4.78, 5) is 0. The number of fused-ring (bicyclic) bond motifs is 1. The van der Waals surface area contributed by atoms with Gasteiger partial charge in [0, 0.05) is 5.41 Å². The molecule has 1 heteroatoms. The average Bonchev–Trinajstić information content (AvgIpc) is 3.30. The molecule has 0 amide bonds. The van der Waals surface area contributed by atoms with E-state index in [1.54, 1.807) is 0 Å². The second kappa shape index (κ2) is 5.85. The smallest absolute Gasteiger partial charge is 0.0915 e. The highest BCUT2D eigenvalue weighted by atomic mass is 16.3. The highest BCUT2D eigenvalue weighted by Crippen LogP contribution is 2.56.